The van der Waals surface area contributed by atoms with Crippen molar-refractivity contribution >= 4 is 17.7 Å². The summed E-state index contributed by atoms with van der Waals surface area (Å²) in [5.74, 6) is 1.61. The van der Waals surface area contributed by atoms with E-state index in [9.17, 15) is 4.79 Å². The Morgan fingerprint density at radius 2 is 1.81 bits per heavy atom. The summed E-state index contributed by atoms with van der Waals surface area (Å²) in [7, 11) is 0. The van der Waals surface area contributed by atoms with Crippen LogP contribution in [0.5, 0.6) is 0 Å². The number of amides is 1. The molecule has 0 spiro atoms. The molecule has 0 bridgehead atoms. The molecule has 0 N–H and O–H groups in total. The fraction of sp³-hybridized carbons (Fsp3) is 0.692. The predicted molar refractivity (Wildman–Crippen MR) is 77.3 cm³/mol. The van der Waals surface area contributed by atoms with Crippen LogP contribution in [-0.4, -0.2) is 78.5 Å². The van der Waals surface area contributed by atoms with E-state index in [1.807, 2.05) is 4.90 Å². The zero-order chi connectivity index (χ0) is 14.7. The van der Waals surface area contributed by atoms with Gasteiger partial charge in [0.2, 0.25) is 11.9 Å². The topological polar surface area (TPSA) is 74.7 Å². The molecule has 0 atom stereocenters. The van der Waals surface area contributed by atoms with E-state index in [1.165, 1.54) is 0 Å². The van der Waals surface area contributed by atoms with Gasteiger partial charge < -0.3 is 19.4 Å². The average Bonchev–Trinajstić information content (AvgIpc) is 2.56. The second-order valence-electron chi connectivity index (χ2n) is 5.21. The Morgan fingerprint density at radius 1 is 1.10 bits per heavy atom. The molecule has 1 aromatic rings. The Morgan fingerprint density at radius 3 is 2.48 bits per heavy atom. The van der Waals surface area contributed by atoms with Gasteiger partial charge in [0.05, 0.1) is 19.4 Å². The van der Waals surface area contributed by atoms with Crippen molar-refractivity contribution < 1.29 is 9.53 Å². The van der Waals surface area contributed by atoms with Gasteiger partial charge in [0.25, 0.3) is 0 Å². The molecule has 1 amide bonds. The van der Waals surface area contributed by atoms with E-state index in [0.29, 0.717) is 19.0 Å². The Kier molecular flexibility index (Phi) is 4.14. The van der Waals surface area contributed by atoms with E-state index in [1.54, 1.807) is 13.1 Å². The number of anilines is 2. The highest BCUT2D eigenvalue weighted by atomic mass is 16.5. The van der Waals surface area contributed by atoms with Crippen molar-refractivity contribution in [2.24, 2.45) is 0 Å². The van der Waals surface area contributed by atoms with Crippen molar-refractivity contribution in [2.45, 2.75) is 6.92 Å². The Labute approximate surface area is 123 Å². The summed E-state index contributed by atoms with van der Waals surface area (Å²) in [6.45, 7) is 7.61. The lowest BCUT2D eigenvalue weighted by atomic mass is 10.3. The zero-order valence-electron chi connectivity index (χ0n) is 12.2. The quantitative estimate of drug-likeness (QED) is 0.719. The van der Waals surface area contributed by atoms with Crippen LogP contribution in [0.4, 0.5) is 11.8 Å². The van der Waals surface area contributed by atoms with Crippen LogP contribution in [0.15, 0.2) is 6.20 Å². The smallest absolute Gasteiger partial charge is 0.247 e. The van der Waals surface area contributed by atoms with Gasteiger partial charge in [-0.25, -0.2) is 0 Å². The molecular formula is C13H20N6O2. The Bertz CT molecular complexity index is 497. The lowest BCUT2D eigenvalue weighted by Gasteiger charge is -2.34. The second kappa shape index (κ2) is 6.21. The van der Waals surface area contributed by atoms with Gasteiger partial charge in [-0.1, -0.05) is 0 Å². The molecule has 1 aromatic heterocycles. The number of ether oxygens (including phenoxy) is 1. The number of carbonyl (C=O) groups is 1. The van der Waals surface area contributed by atoms with E-state index in [-0.39, 0.29) is 5.91 Å². The van der Waals surface area contributed by atoms with Gasteiger partial charge in [0, 0.05) is 46.2 Å². The minimum atomic E-state index is 0.121. The molecule has 2 aliphatic rings. The zero-order valence-corrected chi connectivity index (χ0v) is 12.2. The maximum atomic E-state index is 11.3. The summed E-state index contributed by atoms with van der Waals surface area (Å²) in [4.78, 5) is 22.0. The van der Waals surface area contributed by atoms with E-state index < -0.39 is 0 Å². The van der Waals surface area contributed by atoms with Gasteiger partial charge in [0.15, 0.2) is 5.82 Å². The van der Waals surface area contributed by atoms with Gasteiger partial charge in [-0.2, -0.15) is 10.1 Å². The molecular weight excluding hydrogens is 272 g/mol. The molecule has 2 saturated heterocycles. The average molecular weight is 292 g/mol. The molecule has 8 heteroatoms. The summed E-state index contributed by atoms with van der Waals surface area (Å²) in [5, 5.41) is 8.20. The van der Waals surface area contributed by atoms with E-state index in [2.05, 4.69) is 25.0 Å². The molecule has 0 saturated carbocycles. The van der Waals surface area contributed by atoms with Crippen molar-refractivity contribution in [3.05, 3.63) is 6.20 Å². The van der Waals surface area contributed by atoms with Gasteiger partial charge in [-0.3, -0.25) is 4.79 Å². The number of hydrogen-bond acceptors (Lipinski definition) is 7. The number of hydrogen-bond donors (Lipinski definition) is 0. The monoisotopic (exact) mass is 292 g/mol. The van der Waals surface area contributed by atoms with Gasteiger partial charge in [-0.15, -0.1) is 5.10 Å². The highest BCUT2D eigenvalue weighted by Gasteiger charge is 2.22. The first-order valence-corrected chi connectivity index (χ1v) is 7.27. The molecule has 3 heterocycles. The summed E-state index contributed by atoms with van der Waals surface area (Å²) in [6.07, 6.45) is 1.70. The fourth-order valence-corrected chi connectivity index (χ4v) is 2.59. The normalized spacial score (nSPS) is 19.8. The van der Waals surface area contributed by atoms with E-state index in [0.717, 1.165) is 45.2 Å². The predicted octanol–water partition coefficient (Wildman–Crippen LogP) is -0.623. The molecule has 0 aliphatic carbocycles. The highest BCUT2D eigenvalue weighted by Crippen LogP contribution is 2.16. The number of aromatic nitrogens is 3. The van der Waals surface area contributed by atoms with Crippen molar-refractivity contribution in [3.8, 4) is 0 Å². The van der Waals surface area contributed by atoms with Gasteiger partial charge in [0.1, 0.15) is 0 Å². The lowest BCUT2D eigenvalue weighted by molar-refractivity contribution is -0.129. The number of carbonyl (C=O) groups excluding carboxylic acids is 1. The van der Waals surface area contributed by atoms with E-state index in [4.69, 9.17) is 4.74 Å². The summed E-state index contributed by atoms with van der Waals surface area (Å²) < 4.78 is 5.35. The SMILES string of the molecule is CC(=O)N1CCN(c2nncc(N3CCOCC3)n2)CC1. The largest absolute Gasteiger partial charge is 0.378 e. The summed E-state index contributed by atoms with van der Waals surface area (Å²) in [6, 6.07) is 0. The standard InChI is InChI=1S/C13H20N6O2/c1-11(20)17-2-4-19(5-3-17)13-15-12(10-14-16-13)18-6-8-21-9-7-18/h10H,2-9H2,1H3. The molecule has 21 heavy (non-hydrogen) atoms. The number of morpholine rings is 1. The van der Waals surface area contributed by atoms with Gasteiger partial charge >= 0.3 is 0 Å². The van der Waals surface area contributed by atoms with Crippen LogP contribution in [0.3, 0.4) is 0 Å². The molecule has 2 fully saturated rings. The molecule has 0 radical (unpaired) electrons. The second-order valence-corrected chi connectivity index (χ2v) is 5.21. The molecule has 2 aliphatic heterocycles. The van der Waals surface area contributed by atoms with Crippen molar-refractivity contribution in [1.82, 2.24) is 20.1 Å². The fourth-order valence-electron chi connectivity index (χ4n) is 2.59. The lowest BCUT2D eigenvalue weighted by Crippen LogP contribution is -2.48. The summed E-state index contributed by atoms with van der Waals surface area (Å²) in [5.41, 5.74) is 0. The molecule has 114 valence electrons. The first kappa shape index (κ1) is 14.0. The number of nitrogens with zero attached hydrogens (tertiary/aromatic N) is 6. The molecule has 0 aromatic carbocycles. The van der Waals surface area contributed by atoms with Crippen LogP contribution < -0.4 is 9.80 Å². The number of piperazine rings is 1. The maximum absolute atomic E-state index is 11.3. The molecule has 0 unspecified atom stereocenters. The van der Waals surface area contributed by atoms with E-state index >= 15 is 0 Å². The molecule has 3 rings (SSSR count). The van der Waals surface area contributed by atoms with Crippen LogP contribution in [-0.2, 0) is 9.53 Å². The van der Waals surface area contributed by atoms with Crippen LogP contribution in [0.1, 0.15) is 6.92 Å². The van der Waals surface area contributed by atoms with Crippen LogP contribution >= 0.6 is 0 Å². The Balaban J connectivity index is 1.67. The van der Waals surface area contributed by atoms with Crippen molar-refractivity contribution in [3.63, 3.8) is 0 Å². The van der Waals surface area contributed by atoms with Crippen molar-refractivity contribution in [1.29, 1.82) is 0 Å². The minimum Gasteiger partial charge on any atom is -0.378 e. The van der Waals surface area contributed by atoms with Crippen LogP contribution in [0.2, 0.25) is 0 Å². The van der Waals surface area contributed by atoms with Crippen LogP contribution in [0.25, 0.3) is 0 Å². The third kappa shape index (κ3) is 3.21. The third-order valence-electron chi connectivity index (χ3n) is 3.88. The first-order valence-electron chi connectivity index (χ1n) is 7.27. The third-order valence-corrected chi connectivity index (χ3v) is 3.88. The highest BCUT2D eigenvalue weighted by molar-refractivity contribution is 5.73. The summed E-state index contributed by atoms with van der Waals surface area (Å²) >= 11 is 0. The first-order chi connectivity index (χ1) is 10.2. The molecule has 8 nitrogen and oxygen atoms in total. The number of rotatable bonds is 2. The Hall–Kier alpha value is -1.96. The van der Waals surface area contributed by atoms with Crippen molar-refractivity contribution in [2.75, 3.05) is 62.3 Å². The van der Waals surface area contributed by atoms with Gasteiger partial charge in [-0.05, 0) is 0 Å². The maximum Gasteiger partial charge on any atom is 0.247 e. The minimum absolute atomic E-state index is 0.121. The van der Waals surface area contributed by atoms with Crippen LogP contribution in [0, 0.1) is 0 Å².